The van der Waals surface area contributed by atoms with Gasteiger partial charge in [0.15, 0.2) is 9.84 Å². The van der Waals surface area contributed by atoms with Gasteiger partial charge in [0, 0.05) is 19.0 Å². The van der Waals surface area contributed by atoms with E-state index in [1.165, 1.54) is 6.26 Å². The van der Waals surface area contributed by atoms with Gasteiger partial charge >= 0.3 is 0 Å². The van der Waals surface area contributed by atoms with Crippen LogP contribution in [0.1, 0.15) is 25.4 Å². The minimum atomic E-state index is -3.07. The van der Waals surface area contributed by atoms with Gasteiger partial charge in [0.1, 0.15) is 11.6 Å². The maximum Gasteiger partial charge on any atom is 0.154 e. The summed E-state index contributed by atoms with van der Waals surface area (Å²) in [7, 11) is -3.07. The summed E-state index contributed by atoms with van der Waals surface area (Å²) in [4.78, 5) is 8.15. The van der Waals surface area contributed by atoms with Crippen LogP contribution >= 0.6 is 0 Å². The van der Waals surface area contributed by atoms with Crippen LogP contribution in [0, 0.1) is 5.92 Å². The molecule has 0 aliphatic rings. The Hall–Kier alpha value is -1.01. The van der Waals surface area contributed by atoms with E-state index < -0.39 is 9.84 Å². The van der Waals surface area contributed by atoms with Crippen LogP contribution in [0.15, 0.2) is 12.3 Å². The minimum Gasteiger partial charge on any atom is -0.311 e. The molecule has 5 nitrogen and oxygen atoms in total. The van der Waals surface area contributed by atoms with Gasteiger partial charge in [0.25, 0.3) is 0 Å². The van der Waals surface area contributed by atoms with Gasteiger partial charge < -0.3 is 5.32 Å². The van der Waals surface area contributed by atoms with Crippen molar-refractivity contribution in [3.63, 3.8) is 0 Å². The minimum absolute atomic E-state index is 0.106. The zero-order valence-electron chi connectivity index (χ0n) is 10.5. The molecule has 17 heavy (non-hydrogen) atoms. The van der Waals surface area contributed by atoms with E-state index in [2.05, 4.69) is 29.1 Å². The summed E-state index contributed by atoms with van der Waals surface area (Å²) >= 11 is 0. The third-order valence-corrected chi connectivity index (χ3v) is 2.80. The highest BCUT2D eigenvalue weighted by atomic mass is 32.2. The Bertz CT molecular complexity index is 458. The maximum absolute atomic E-state index is 11.1. The molecule has 0 spiro atoms. The van der Waals surface area contributed by atoms with Crippen molar-refractivity contribution in [1.29, 1.82) is 0 Å². The lowest BCUT2D eigenvalue weighted by atomic mass is 10.2. The molecule has 1 aromatic heterocycles. The summed E-state index contributed by atoms with van der Waals surface area (Å²) in [6.45, 7) is 5.80. The third-order valence-electron chi connectivity index (χ3n) is 2.01. The first-order chi connectivity index (χ1) is 7.87. The number of aromatic nitrogens is 2. The molecule has 0 radical (unpaired) electrons. The fraction of sp³-hybridized carbons (Fsp3) is 0.636. The van der Waals surface area contributed by atoms with Crippen LogP contribution in [-0.4, -0.2) is 31.2 Å². The van der Waals surface area contributed by atoms with Crippen molar-refractivity contribution < 1.29 is 8.42 Å². The second-order valence-corrected chi connectivity index (χ2v) is 6.70. The van der Waals surface area contributed by atoms with E-state index in [-0.39, 0.29) is 5.75 Å². The lowest BCUT2D eigenvalue weighted by Gasteiger charge is -2.07. The Labute approximate surface area is 103 Å². The molecular weight excluding hydrogens is 238 g/mol. The first-order valence-electron chi connectivity index (χ1n) is 5.56. The number of rotatable bonds is 6. The van der Waals surface area contributed by atoms with Crippen molar-refractivity contribution in [2.45, 2.75) is 26.1 Å². The van der Waals surface area contributed by atoms with Crippen LogP contribution in [0.5, 0.6) is 0 Å². The first kappa shape index (κ1) is 14.1. The van der Waals surface area contributed by atoms with Crippen molar-refractivity contribution >= 4 is 9.84 Å². The Morgan fingerprint density at radius 1 is 1.41 bits per heavy atom. The fourth-order valence-corrected chi connectivity index (χ4v) is 1.94. The SMILES string of the molecule is CC(C)CNCc1ccnc(CS(C)(=O)=O)n1. The Kier molecular flexibility index (Phi) is 5.02. The van der Waals surface area contributed by atoms with Crippen molar-refractivity contribution in [3.05, 3.63) is 23.8 Å². The summed E-state index contributed by atoms with van der Waals surface area (Å²) < 4.78 is 22.2. The van der Waals surface area contributed by atoms with Gasteiger partial charge in [-0.2, -0.15) is 0 Å². The number of hydrogen-bond donors (Lipinski definition) is 1. The van der Waals surface area contributed by atoms with Crippen molar-refractivity contribution in [2.24, 2.45) is 5.92 Å². The van der Waals surface area contributed by atoms with E-state index in [4.69, 9.17) is 0 Å². The molecular formula is C11H19N3O2S. The number of hydrogen-bond acceptors (Lipinski definition) is 5. The predicted molar refractivity (Wildman–Crippen MR) is 67.1 cm³/mol. The van der Waals surface area contributed by atoms with Crippen LogP contribution in [0.4, 0.5) is 0 Å². The van der Waals surface area contributed by atoms with E-state index in [0.29, 0.717) is 18.3 Å². The molecule has 0 aliphatic carbocycles. The Morgan fingerprint density at radius 3 is 2.71 bits per heavy atom. The summed E-state index contributed by atoms with van der Waals surface area (Å²) in [5, 5.41) is 3.25. The Morgan fingerprint density at radius 2 is 2.12 bits per heavy atom. The van der Waals surface area contributed by atoms with Gasteiger partial charge in [-0.05, 0) is 18.5 Å². The quantitative estimate of drug-likeness (QED) is 0.815. The second kappa shape index (κ2) is 6.07. The molecule has 0 fully saturated rings. The van der Waals surface area contributed by atoms with Crippen LogP contribution in [0.25, 0.3) is 0 Å². The number of nitrogens with one attached hydrogen (secondary N) is 1. The van der Waals surface area contributed by atoms with Gasteiger partial charge in [-0.25, -0.2) is 18.4 Å². The molecule has 1 heterocycles. The molecule has 0 bridgehead atoms. The van der Waals surface area contributed by atoms with Crippen molar-refractivity contribution in [1.82, 2.24) is 15.3 Å². The summed E-state index contributed by atoms with van der Waals surface area (Å²) in [5.74, 6) is 0.828. The summed E-state index contributed by atoms with van der Waals surface area (Å²) in [6.07, 6.45) is 2.78. The fourth-order valence-electron chi connectivity index (χ4n) is 1.33. The zero-order chi connectivity index (χ0) is 12.9. The zero-order valence-corrected chi connectivity index (χ0v) is 11.3. The van der Waals surface area contributed by atoms with E-state index in [1.807, 2.05) is 0 Å². The maximum atomic E-state index is 11.1. The molecule has 0 unspecified atom stereocenters. The topological polar surface area (TPSA) is 72.0 Å². The lowest BCUT2D eigenvalue weighted by Crippen LogP contribution is -2.20. The van der Waals surface area contributed by atoms with Crippen molar-refractivity contribution in [2.75, 3.05) is 12.8 Å². The molecule has 0 amide bonds. The van der Waals surface area contributed by atoms with E-state index in [0.717, 1.165) is 12.2 Å². The molecule has 1 N–H and O–H groups in total. The second-order valence-electron chi connectivity index (χ2n) is 4.56. The average molecular weight is 257 g/mol. The first-order valence-corrected chi connectivity index (χ1v) is 7.62. The van der Waals surface area contributed by atoms with E-state index in [9.17, 15) is 8.42 Å². The van der Waals surface area contributed by atoms with Gasteiger partial charge in [-0.15, -0.1) is 0 Å². The summed E-state index contributed by atoms with van der Waals surface area (Å²) in [5.41, 5.74) is 0.819. The van der Waals surface area contributed by atoms with Crippen LogP contribution in [0.3, 0.4) is 0 Å². The van der Waals surface area contributed by atoms with Gasteiger partial charge in [-0.3, -0.25) is 0 Å². The molecule has 0 saturated carbocycles. The van der Waals surface area contributed by atoms with Crippen LogP contribution in [-0.2, 0) is 22.1 Å². The smallest absolute Gasteiger partial charge is 0.154 e. The summed E-state index contributed by atoms with van der Waals surface area (Å²) in [6, 6.07) is 1.79. The monoisotopic (exact) mass is 257 g/mol. The molecule has 0 saturated heterocycles. The molecule has 1 rings (SSSR count). The van der Waals surface area contributed by atoms with Gasteiger partial charge in [0.2, 0.25) is 0 Å². The normalized spacial score (nSPS) is 12.0. The molecule has 0 aliphatic heterocycles. The molecule has 1 aromatic rings. The third kappa shape index (κ3) is 6.33. The Balaban J connectivity index is 2.60. The lowest BCUT2D eigenvalue weighted by molar-refractivity contribution is 0.547. The van der Waals surface area contributed by atoms with Gasteiger partial charge in [0.05, 0.1) is 5.69 Å². The highest BCUT2D eigenvalue weighted by Crippen LogP contribution is 2.00. The standard InChI is InChI=1S/C11H19N3O2S/c1-9(2)6-12-7-10-4-5-13-11(14-10)8-17(3,15)16/h4-5,9,12H,6-8H2,1-3H3. The molecule has 6 heteroatoms. The number of nitrogens with zero attached hydrogens (tertiary/aromatic N) is 2. The van der Waals surface area contributed by atoms with E-state index in [1.54, 1.807) is 12.3 Å². The molecule has 96 valence electrons. The van der Waals surface area contributed by atoms with Crippen LogP contribution in [0.2, 0.25) is 0 Å². The highest BCUT2D eigenvalue weighted by molar-refractivity contribution is 7.89. The molecule has 0 aromatic carbocycles. The van der Waals surface area contributed by atoms with Gasteiger partial charge in [-0.1, -0.05) is 13.8 Å². The molecule has 0 atom stereocenters. The number of sulfone groups is 1. The van der Waals surface area contributed by atoms with Crippen molar-refractivity contribution in [3.8, 4) is 0 Å². The largest absolute Gasteiger partial charge is 0.311 e. The predicted octanol–water partition coefficient (Wildman–Crippen LogP) is 0.767. The highest BCUT2D eigenvalue weighted by Gasteiger charge is 2.07. The van der Waals surface area contributed by atoms with E-state index >= 15 is 0 Å². The average Bonchev–Trinajstić information content (AvgIpc) is 2.14. The van der Waals surface area contributed by atoms with Crippen LogP contribution < -0.4 is 5.32 Å².